The number of rotatable bonds is 1. The lowest BCUT2D eigenvalue weighted by atomic mass is 9.69. The number of carbonyl (C=O) groups is 1. The molecule has 2 aromatic rings. The number of hydrogen-bond acceptors (Lipinski definition) is 8. The van der Waals surface area contributed by atoms with Crippen LogP contribution < -0.4 is 20.9 Å². The third-order valence-electron chi connectivity index (χ3n) is 4.90. The predicted octanol–water partition coefficient (Wildman–Crippen LogP) is 0.335. The Morgan fingerprint density at radius 2 is 2.14 bits per heavy atom. The Balaban J connectivity index is 2.23. The highest BCUT2D eigenvalue weighted by atomic mass is 16.6. The first-order valence-corrected chi connectivity index (χ1v) is 8.00. The average Bonchev–Trinajstić information content (AvgIpc) is 2.84. The summed E-state index contributed by atoms with van der Waals surface area (Å²) in [5, 5.41) is 21.1. The number of nitro benzene ring substituents is 1. The predicted molar refractivity (Wildman–Crippen MR) is 94.3 cm³/mol. The maximum Gasteiger partial charge on any atom is 0.269 e. The minimum atomic E-state index is -1.99. The van der Waals surface area contributed by atoms with Gasteiger partial charge in [0.25, 0.3) is 11.2 Å². The van der Waals surface area contributed by atoms with Crippen molar-refractivity contribution in [3.8, 4) is 11.9 Å². The Bertz CT molecular complexity index is 1220. The number of aryl methyl sites for hydroxylation is 1. The number of likely N-dealkylation sites (N-methyl/N-ethyl adjacent to an activating group) is 1. The van der Waals surface area contributed by atoms with E-state index in [1.807, 2.05) is 6.07 Å². The number of ether oxygens (including phenoxy) is 1. The van der Waals surface area contributed by atoms with E-state index in [4.69, 9.17) is 10.5 Å². The number of aromatic nitrogens is 2. The molecule has 140 valence electrons. The van der Waals surface area contributed by atoms with Gasteiger partial charge in [0.15, 0.2) is 5.41 Å². The van der Waals surface area contributed by atoms with Gasteiger partial charge in [0, 0.05) is 30.4 Å². The summed E-state index contributed by atoms with van der Waals surface area (Å²) in [4.78, 5) is 44.7. The largest absolute Gasteiger partial charge is 0.422 e. The van der Waals surface area contributed by atoms with E-state index in [0.29, 0.717) is 5.69 Å². The molecule has 11 nitrogen and oxygen atoms in total. The van der Waals surface area contributed by atoms with Crippen LogP contribution in [0.15, 0.2) is 34.4 Å². The molecule has 0 radical (unpaired) electrons. The molecule has 2 aliphatic heterocycles. The maximum atomic E-state index is 13.4. The number of nitrogens with two attached hydrogens (primary N) is 1. The number of anilines is 1. The molecule has 1 amide bonds. The van der Waals surface area contributed by atoms with Gasteiger partial charge >= 0.3 is 0 Å². The fourth-order valence-electron chi connectivity index (χ4n) is 3.76. The van der Waals surface area contributed by atoms with Crippen molar-refractivity contribution in [1.29, 1.82) is 5.26 Å². The van der Waals surface area contributed by atoms with Crippen LogP contribution >= 0.6 is 0 Å². The number of H-pyrrole nitrogens is 1. The Morgan fingerprint density at radius 3 is 2.79 bits per heavy atom. The molecule has 2 aliphatic rings. The molecule has 4 rings (SSSR count). The van der Waals surface area contributed by atoms with E-state index in [0.717, 1.165) is 6.07 Å². The Labute approximate surface area is 156 Å². The Kier molecular flexibility index (Phi) is 3.32. The van der Waals surface area contributed by atoms with Gasteiger partial charge in [0.2, 0.25) is 17.7 Å². The van der Waals surface area contributed by atoms with E-state index in [-0.39, 0.29) is 34.1 Å². The number of nitrogens with zero attached hydrogens (tertiary/aromatic N) is 4. The van der Waals surface area contributed by atoms with Crippen molar-refractivity contribution in [2.24, 2.45) is 5.73 Å². The van der Waals surface area contributed by atoms with Gasteiger partial charge in [-0.2, -0.15) is 10.2 Å². The molecule has 1 atom stereocenters. The molecule has 0 fully saturated rings. The molecular formula is C17H12N6O5. The number of aromatic amines is 1. The highest BCUT2D eigenvalue weighted by Crippen LogP contribution is 2.53. The van der Waals surface area contributed by atoms with Crippen molar-refractivity contribution in [2.75, 3.05) is 11.9 Å². The molecule has 1 spiro atoms. The van der Waals surface area contributed by atoms with Crippen LogP contribution in [0.2, 0.25) is 0 Å². The molecule has 11 heteroatoms. The van der Waals surface area contributed by atoms with Crippen molar-refractivity contribution in [1.82, 2.24) is 9.97 Å². The van der Waals surface area contributed by atoms with Crippen LogP contribution in [0.3, 0.4) is 0 Å². The highest BCUT2D eigenvalue weighted by Gasteiger charge is 2.60. The molecule has 1 aromatic carbocycles. The SMILES string of the molecule is Cc1nc2c(c(=O)[nH]1)C1(C(=O)N(C)c3ccc([N+](=O)[O-])cc31)C(C#N)=C(N)O2. The molecule has 0 bridgehead atoms. The Morgan fingerprint density at radius 1 is 1.43 bits per heavy atom. The number of benzene rings is 1. The molecule has 3 N–H and O–H groups in total. The monoisotopic (exact) mass is 380 g/mol. The van der Waals surface area contributed by atoms with Gasteiger partial charge < -0.3 is 20.4 Å². The minimum Gasteiger partial charge on any atom is -0.422 e. The second kappa shape index (κ2) is 5.40. The van der Waals surface area contributed by atoms with Gasteiger partial charge in [0.05, 0.1) is 4.92 Å². The lowest BCUT2D eigenvalue weighted by molar-refractivity contribution is -0.384. The molecule has 1 unspecified atom stereocenters. The lowest BCUT2D eigenvalue weighted by Gasteiger charge is -2.32. The van der Waals surface area contributed by atoms with Crippen LogP contribution in [0.5, 0.6) is 5.88 Å². The molecule has 0 aliphatic carbocycles. The minimum absolute atomic E-state index is 0.0920. The van der Waals surface area contributed by atoms with Gasteiger partial charge in [-0.1, -0.05) is 0 Å². The molecule has 1 aromatic heterocycles. The second-order valence-electron chi connectivity index (χ2n) is 6.36. The Hall–Kier alpha value is -4.20. The van der Waals surface area contributed by atoms with E-state index in [9.17, 15) is 25.0 Å². The lowest BCUT2D eigenvalue weighted by Crippen LogP contribution is -2.48. The first-order chi connectivity index (χ1) is 13.2. The summed E-state index contributed by atoms with van der Waals surface area (Å²) in [6.07, 6.45) is 0. The zero-order valence-corrected chi connectivity index (χ0v) is 14.6. The molecule has 28 heavy (non-hydrogen) atoms. The van der Waals surface area contributed by atoms with Gasteiger partial charge in [-0.15, -0.1) is 0 Å². The average molecular weight is 380 g/mol. The first kappa shape index (κ1) is 17.2. The zero-order chi connectivity index (χ0) is 20.4. The molecule has 3 heterocycles. The standard InChI is InChI=1S/C17H12N6O5/c1-7-20-14(24)12-15(21-7)28-13(19)10(6-18)17(12)9-5-8(23(26)27)3-4-11(9)22(2)16(17)25/h3-5H,19H2,1-2H3,(H,20,21,24). The third kappa shape index (κ3) is 1.88. The summed E-state index contributed by atoms with van der Waals surface area (Å²) in [6, 6.07) is 5.62. The van der Waals surface area contributed by atoms with Crippen molar-refractivity contribution >= 4 is 17.3 Å². The van der Waals surface area contributed by atoms with Crippen molar-refractivity contribution < 1.29 is 14.5 Å². The van der Waals surface area contributed by atoms with Crippen LogP contribution in [0.4, 0.5) is 11.4 Å². The number of non-ortho nitro benzene ring substituents is 1. The van der Waals surface area contributed by atoms with E-state index in [1.54, 1.807) is 0 Å². The second-order valence-corrected chi connectivity index (χ2v) is 6.36. The van der Waals surface area contributed by atoms with Crippen molar-refractivity contribution in [3.05, 3.63) is 67.1 Å². The van der Waals surface area contributed by atoms with E-state index in [1.165, 1.54) is 31.0 Å². The fraction of sp³-hybridized carbons (Fsp3) is 0.176. The third-order valence-corrected chi connectivity index (χ3v) is 4.90. The van der Waals surface area contributed by atoms with Crippen LogP contribution in [-0.4, -0.2) is 27.8 Å². The van der Waals surface area contributed by atoms with Crippen LogP contribution in [0.1, 0.15) is 17.0 Å². The number of nitro groups is 1. The number of nitrogens with one attached hydrogen (secondary N) is 1. The zero-order valence-electron chi connectivity index (χ0n) is 14.6. The molecule has 0 saturated carbocycles. The first-order valence-electron chi connectivity index (χ1n) is 8.00. The van der Waals surface area contributed by atoms with Crippen LogP contribution in [0, 0.1) is 28.4 Å². The molecule has 0 saturated heterocycles. The topological polar surface area (TPSA) is 168 Å². The fourth-order valence-corrected chi connectivity index (χ4v) is 3.76. The number of nitriles is 1. The number of amides is 1. The maximum absolute atomic E-state index is 13.4. The number of carbonyl (C=O) groups excluding carboxylic acids is 1. The van der Waals surface area contributed by atoms with E-state index >= 15 is 0 Å². The quantitative estimate of drug-likeness (QED) is 0.527. The van der Waals surface area contributed by atoms with Gasteiger partial charge in [-0.3, -0.25) is 19.7 Å². The van der Waals surface area contributed by atoms with Crippen molar-refractivity contribution in [3.63, 3.8) is 0 Å². The van der Waals surface area contributed by atoms with Gasteiger partial charge in [0.1, 0.15) is 23.0 Å². The normalized spacial score (nSPS) is 19.9. The summed E-state index contributed by atoms with van der Waals surface area (Å²) in [5.74, 6) is -1.07. The molecular weight excluding hydrogens is 368 g/mol. The van der Waals surface area contributed by atoms with E-state index in [2.05, 4.69) is 9.97 Å². The van der Waals surface area contributed by atoms with Gasteiger partial charge in [-0.25, -0.2) is 0 Å². The summed E-state index contributed by atoms with van der Waals surface area (Å²) in [5.41, 5.74) is 2.74. The summed E-state index contributed by atoms with van der Waals surface area (Å²) in [7, 11) is 1.44. The smallest absolute Gasteiger partial charge is 0.269 e. The van der Waals surface area contributed by atoms with Gasteiger partial charge in [-0.05, 0) is 13.0 Å². The highest BCUT2D eigenvalue weighted by molar-refractivity contribution is 6.14. The van der Waals surface area contributed by atoms with Crippen LogP contribution in [0.25, 0.3) is 0 Å². The summed E-state index contributed by atoms with van der Waals surface area (Å²) < 4.78 is 5.36. The van der Waals surface area contributed by atoms with E-state index < -0.39 is 27.7 Å². The number of fused-ring (bicyclic) bond motifs is 4. The van der Waals surface area contributed by atoms with Crippen molar-refractivity contribution in [2.45, 2.75) is 12.3 Å². The van der Waals surface area contributed by atoms with Crippen LogP contribution in [-0.2, 0) is 10.2 Å². The summed E-state index contributed by atoms with van der Waals surface area (Å²) >= 11 is 0. The number of hydrogen-bond donors (Lipinski definition) is 2. The summed E-state index contributed by atoms with van der Waals surface area (Å²) in [6.45, 7) is 1.51.